The largest absolute Gasteiger partial charge is 0.334 e. The number of nitrogens with zero attached hydrogens (tertiary/aromatic N) is 5. The summed E-state index contributed by atoms with van der Waals surface area (Å²) in [4.78, 5) is 25.5. The van der Waals surface area contributed by atoms with Crippen LogP contribution >= 0.6 is 11.3 Å². The quantitative estimate of drug-likeness (QED) is 0.698. The van der Waals surface area contributed by atoms with Crippen LogP contribution in [0, 0.1) is 6.92 Å². The van der Waals surface area contributed by atoms with Crippen LogP contribution in [-0.2, 0) is 26.4 Å². The van der Waals surface area contributed by atoms with E-state index in [1.54, 1.807) is 10.5 Å². The Morgan fingerprint density at radius 3 is 2.93 bits per heavy atom. The van der Waals surface area contributed by atoms with E-state index in [2.05, 4.69) is 16.5 Å². The summed E-state index contributed by atoms with van der Waals surface area (Å²) in [5.74, 6) is 1.20. The standard InChI is InChI=1S/C20H25N5OS/c1-13-12-27-20-21-14(10-18(26)25(13)20)11-24-9-5-8-17(24)19-22-15-6-3-4-7-16(15)23(19)2/h10,12,17H,3-9,11H2,1-2H3/t17-/m1/s1. The molecule has 3 aromatic heterocycles. The van der Waals surface area contributed by atoms with E-state index in [9.17, 15) is 4.79 Å². The summed E-state index contributed by atoms with van der Waals surface area (Å²) in [6, 6.07) is 2.02. The average Bonchev–Trinajstić information content (AvgIpc) is 3.34. The van der Waals surface area contributed by atoms with Crippen LogP contribution in [-0.4, -0.2) is 30.4 Å². The van der Waals surface area contributed by atoms with Gasteiger partial charge >= 0.3 is 0 Å². The van der Waals surface area contributed by atoms with Gasteiger partial charge in [0.15, 0.2) is 4.96 Å². The number of likely N-dealkylation sites (tertiary alicyclic amines) is 1. The monoisotopic (exact) mass is 383 g/mol. The minimum Gasteiger partial charge on any atom is -0.334 e. The van der Waals surface area contributed by atoms with Crippen LogP contribution in [0.25, 0.3) is 4.96 Å². The van der Waals surface area contributed by atoms with E-state index in [0.29, 0.717) is 12.6 Å². The fraction of sp³-hybridized carbons (Fsp3) is 0.550. The van der Waals surface area contributed by atoms with Crippen LogP contribution in [0.5, 0.6) is 0 Å². The van der Waals surface area contributed by atoms with Crippen LogP contribution in [0.15, 0.2) is 16.2 Å². The van der Waals surface area contributed by atoms with Gasteiger partial charge in [-0.05, 0) is 52.0 Å². The fourth-order valence-electron chi connectivity index (χ4n) is 4.70. The number of hydrogen-bond donors (Lipinski definition) is 0. The smallest absolute Gasteiger partial charge is 0.259 e. The molecule has 0 amide bonds. The highest BCUT2D eigenvalue weighted by atomic mass is 32.1. The van der Waals surface area contributed by atoms with Gasteiger partial charge in [0.1, 0.15) is 5.82 Å². The first-order valence-corrected chi connectivity index (χ1v) is 10.7. The third kappa shape index (κ3) is 2.84. The Labute approximate surface area is 162 Å². The van der Waals surface area contributed by atoms with Crippen molar-refractivity contribution in [2.45, 2.75) is 58.0 Å². The van der Waals surface area contributed by atoms with Crippen molar-refractivity contribution >= 4 is 16.3 Å². The molecule has 0 aromatic carbocycles. The molecule has 1 aliphatic heterocycles. The third-order valence-electron chi connectivity index (χ3n) is 6.06. The summed E-state index contributed by atoms with van der Waals surface area (Å²) in [7, 11) is 2.17. The Balaban J connectivity index is 1.45. The molecule has 1 atom stereocenters. The average molecular weight is 384 g/mol. The molecule has 1 fully saturated rings. The number of aromatic nitrogens is 4. The van der Waals surface area contributed by atoms with Gasteiger partial charge in [0.25, 0.3) is 5.56 Å². The van der Waals surface area contributed by atoms with Gasteiger partial charge in [-0.15, -0.1) is 11.3 Å². The van der Waals surface area contributed by atoms with Crippen molar-refractivity contribution in [1.29, 1.82) is 0 Å². The molecule has 27 heavy (non-hydrogen) atoms. The van der Waals surface area contributed by atoms with E-state index < -0.39 is 0 Å². The third-order valence-corrected chi connectivity index (χ3v) is 7.01. The Hall–Kier alpha value is -1.99. The lowest BCUT2D eigenvalue weighted by Gasteiger charge is -2.24. The predicted molar refractivity (Wildman–Crippen MR) is 106 cm³/mol. The molecule has 0 spiro atoms. The Bertz CT molecular complexity index is 1060. The summed E-state index contributed by atoms with van der Waals surface area (Å²) < 4.78 is 4.04. The molecule has 2 aliphatic rings. The summed E-state index contributed by atoms with van der Waals surface area (Å²) in [5, 5.41) is 1.99. The second-order valence-corrected chi connectivity index (χ2v) is 8.68. The number of imidazole rings is 1. The lowest BCUT2D eigenvalue weighted by Crippen LogP contribution is -2.27. The molecule has 3 aromatic rings. The molecule has 0 N–H and O–H groups in total. The molecule has 7 heteroatoms. The van der Waals surface area contributed by atoms with E-state index in [-0.39, 0.29) is 5.56 Å². The van der Waals surface area contributed by atoms with Gasteiger partial charge in [0.05, 0.1) is 17.4 Å². The molecule has 0 saturated carbocycles. The van der Waals surface area contributed by atoms with E-state index in [0.717, 1.165) is 42.2 Å². The topological polar surface area (TPSA) is 55.4 Å². The van der Waals surface area contributed by atoms with Gasteiger partial charge in [0, 0.05) is 36.4 Å². The van der Waals surface area contributed by atoms with Crippen LogP contribution < -0.4 is 5.56 Å². The van der Waals surface area contributed by atoms with E-state index in [1.807, 2.05) is 12.3 Å². The molecule has 4 heterocycles. The highest BCUT2D eigenvalue weighted by Crippen LogP contribution is 2.34. The van der Waals surface area contributed by atoms with Gasteiger partial charge in [-0.1, -0.05) is 0 Å². The van der Waals surface area contributed by atoms with Crippen LogP contribution in [0.3, 0.4) is 0 Å². The minimum absolute atomic E-state index is 0.0250. The first-order valence-electron chi connectivity index (χ1n) is 9.87. The van der Waals surface area contributed by atoms with Crippen LogP contribution in [0.4, 0.5) is 0 Å². The lowest BCUT2D eigenvalue weighted by atomic mass is 10.0. The van der Waals surface area contributed by atoms with Crippen molar-refractivity contribution in [3.8, 4) is 0 Å². The molecule has 6 nitrogen and oxygen atoms in total. The van der Waals surface area contributed by atoms with Crippen LogP contribution in [0.1, 0.15) is 60.3 Å². The normalized spacial score (nSPS) is 20.4. The van der Waals surface area contributed by atoms with E-state index >= 15 is 0 Å². The van der Waals surface area contributed by atoms with Gasteiger partial charge in [-0.2, -0.15) is 0 Å². The Morgan fingerprint density at radius 1 is 1.22 bits per heavy atom. The molecule has 142 valence electrons. The molecular formula is C20H25N5OS. The van der Waals surface area contributed by atoms with Gasteiger partial charge < -0.3 is 4.57 Å². The zero-order chi connectivity index (χ0) is 18.5. The predicted octanol–water partition coefficient (Wildman–Crippen LogP) is 3.01. The summed E-state index contributed by atoms with van der Waals surface area (Å²) in [5.41, 5.74) is 4.58. The van der Waals surface area contributed by atoms with Gasteiger partial charge in [0.2, 0.25) is 0 Å². The summed E-state index contributed by atoms with van der Waals surface area (Å²) in [6.07, 6.45) is 7.09. The highest BCUT2D eigenvalue weighted by Gasteiger charge is 2.31. The SMILES string of the molecule is Cc1csc2nc(CN3CCC[C@@H]3c3nc4c(n3C)CCCC4)cc(=O)n12. The molecule has 0 unspecified atom stereocenters. The van der Waals surface area contributed by atoms with Crippen molar-refractivity contribution < 1.29 is 0 Å². The maximum Gasteiger partial charge on any atom is 0.259 e. The summed E-state index contributed by atoms with van der Waals surface area (Å²) >= 11 is 1.53. The lowest BCUT2D eigenvalue weighted by molar-refractivity contribution is 0.233. The number of thiazole rings is 1. The van der Waals surface area contributed by atoms with Crippen molar-refractivity contribution in [1.82, 2.24) is 23.8 Å². The maximum absolute atomic E-state index is 12.5. The first kappa shape index (κ1) is 17.1. The number of fused-ring (bicyclic) bond motifs is 2. The second-order valence-electron chi connectivity index (χ2n) is 7.84. The maximum atomic E-state index is 12.5. The molecule has 0 bridgehead atoms. The van der Waals surface area contributed by atoms with E-state index in [1.165, 1.54) is 47.8 Å². The second kappa shape index (κ2) is 6.56. The Morgan fingerprint density at radius 2 is 2.07 bits per heavy atom. The van der Waals surface area contributed by atoms with Crippen LogP contribution in [0.2, 0.25) is 0 Å². The Kier molecular flexibility index (Phi) is 4.16. The zero-order valence-electron chi connectivity index (χ0n) is 15.9. The zero-order valence-corrected chi connectivity index (χ0v) is 16.8. The van der Waals surface area contributed by atoms with Crippen molar-refractivity contribution in [2.75, 3.05) is 6.54 Å². The first-order chi connectivity index (χ1) is 13.1. The molecule has 1 aliphatic carbocycles. The molecule has 1 saturated heterocycles. The fourth-order valence-corrected chi connectivity index (χ4v) is 5.59. The van der Waals surface area contributed by atoms with Gasteiger partial charge in [-0.25, -0.2) is 9.97 Å². The highest BCUT2D eigenvalue weighted by molar-refractivity contribution is 7.15. The van der Waals surface area contributed by atoms with Crippen molar-refractivity contribution in [3.63, 3.8) is 0 Å². The summed E-state index contributed by atoms with van der Waals surface area (Å²) in [6.45, 7) is 3.70. The molecular weight excluding hydrogens is 358 g/mol. The van der Waals surface area contributed by atoms with E-state index in [4.69, 9.17) is 9.97 Å². The minimum atomic E-state index is 0.0250. The van der Waals surface area contributed by atoms with Crippen molar-refractivity contribution in [3.05, 3.63) is 50.4 Å². The van der Waals surface area contributed by atoms with Crippen molar-refractivity contribution in [2.24, 2.45) is 7.05 Å². The molecule has 0 radical (unpaired) electrons. The number of hydrogen-bond acceptors (Lipinski definition) is 5. The number of rotatable bonds is 3. The van der Waals surface area contributed by atoms with Gasteiger partial charge in [-0.3, -0.25) is 14.1 Å². The molecule has 5 rings (SSSR count). The number of aryl methyl sites for hydroxylation is 2.